The standard InChI is InChI=1S/C20H19N3O3/c1-26-19-10-13(2-7-18(19)24)12-23(15-4-5-15)20(25)14-3-6-16-17(11-14)22-9-8-21-16/h2-3,6-11,15,24H,4-5,12H2,1H3. The fraction of sp³-hybridized carbons (Fsp3) is 0.250. The summed E-state index contributed by atoms with van der Waals surface area (Å²) < 4.78 is 5.17. The zero-order valence-electron chi connectivity index (χ0n) is 14.4. The number of carbonyl (C=O) groups excluding carboxylic acids is 1. The van der Waals surface area contributed by atoms with Crippen LogP contribution in [0, 0.1) is 0 Å². The van der Waals surface area contributed by atoms with Crippen LogP contribution < -0.4 is 4.74 Å². The van der Waals surface area contributed by atoms with Crippen molar-refractivity contribution >= 4 is 16.9 Å². The van der Waals surface area contributed by atoms with Crippen molar-refractivity contribution in [1.29, 1.82) is 0 Å². The van der Waals surface area contributed by atoms with Gasteiger partial charge in [0, 0.05) is 30.5 Å². The molecule has 0 bridgehead atoms. The SMILES string of the molecule is COc1cc(CN(C(=O)c2ccc3nccnc3c2)C2CC2)ccc1O. The van der Waals surface area contributed by atoms with E-state index in [1.165, 1.54) is 7.11 Å². The molecule has 1 heterocycles. The number of aromatic nitrogens is 2. The highest BCUT2D eigenvalue weighted by Gasteiger charge is 2.33. The molecule has 0 saturated heterocycles. The van der Waals surface area contributed by atoms with E-state index in [-0.39, 0.29) is 17.7 Å². The molecule has 1 N–H and O–H groups in total. The van der Waals surface area contributed by atoms with E-state index < -0.39 is 0 Å². The number of nitrogens with zero attached hydrogens (tertiary/aromatic N) is 3. The van der Waals surface area contributed by atoms with Gasteiger partial charge in [0.25, 0.3) is 5.91 Å². The lowest BCUT2D eigenvalue weighted by Gasteiger charge is -2.23. The molecule has 1 amide bonds. The van der Waals surface area contributed by atoms with Gasteiger partial charge in [0.15, 0.2) is 11.5 Å². The maximum atomic E-state index is 13.1. The molecule has 3 aromatic rings. The molecule has 1 fully saturated rings. The third kappa shape index (κ3) is 3.18. The molecule has 6 heteroatoms. The highest BCUT2D eigenvalue weighted by molar-refractivity contribution is 5.97. The lowest BCUT2D eigenvalue weighted by atomic mass is 10.1. The first-order chi connectivity index (χ1) is 12.7. The van der Waals surface area contributed by atoms with Crippen LogP contribution in [0.3, 0.4) is 0 Å². The largest absolute Gasteiger partial charge is 0.504 e. The number of aromatic hydroxyl groups is 1. The molecular formula is C20H19N3O3. The van der Waals surface area contributed by atoms with Crippen molar-refractivity contribution < 1.29 is 14.6 Å². The van der Waals surface area contributed by atoms with Gasteiger partial charge in [-0.2, -0.15) is 0 Å². The number of phenolic OH excluding ortho intramolecular Hbond substituents is 1. The Morgan fingerprint density at radius 3 is 2.65 bits per heavy atom. The topological polar surface area (TPSA) is 75.5 Å². The molecule has 1 aliphatic carbocycles. The Morgan fingerprint density at radius 1 is 1.15 bits per heavy atom. The number of fused-ring (bicyclic) bond motifs is 1. The molecule has 0 spiro atoms. The molecule has 6 nitrogen and oxygen atoms in total. The number of hydrogen-bond acceptors (Lipinski definition) is 5. The Bertz CT molecular complexity index is 969. The van der Waals surface area contributed by atoms with Gasteiger partial charge in [-0.3, -0.25) is 14.8 Å². The molecule has 0 aliphatic heterocycles. The van der Waals surface area contributed by atoms with Crippen LogP contribution in [0.15, 0.2) is 48.8 Å². The number of amides is 1. The van der Waals surface area contributed by atoms with E-state index in [2.05, 4.69) is 9.97 Å². The van der Waals surface area contributed by atoms with Crippen LogP contribution in [-0.4, -0.2) is 39.0 Å². The van der Waals surface area contributed by atoms with Crippen molar-refractivity contribution in [2.24, 2.45) is 0 Å². The van der Waals surface area contributed by atoms with E-state index in [0.717, 1.165) is 23.9 Å². The molecule has 1 aromatic heterocycles. The Morgan fingerprint density at radius 2 is 1.92 bits per heavy atom. The Hall–Kier alpha value is -3.15. The number of hydrogen-bond donors (Lipinski definition) is 1. The number of benzene rings is 2. The predicted octanol–water partition coefficient (Wildman–Crippen LogP) is 3.15. The fourth-order valence-corrected chi connectivity index (χ4v) is 3.03. The van der Waals surface area contributed by atoms with E-state index in [4.69, 9.17) is 4.74 Å². The summed E-state index contributed by atoms with van der Waals surface area (Å²) in [5.74, 6) is 0.479. The molecular weight excluding hydrogens is 330 g/mol. The van der Waals surface area contributed by atoms with Gasteiger partial charge in [-0.25, -0.2) is 0 Å². The second-order valence-electron chi connectivity index (χ2n) is 6.43. The summed E-state index contributed by atoms with van der Waals surface area (Å²) in [6.45, 7) is 0.471. The zero-order valence-corrected chi connectivity index (χ0v) is 14.4. The van der Waals surface area contributed by atoms with Gasteiger partial charge >= 0.3 is 0 Å². The molecule has 1 saturated carbocycles. The summed E-state index contributed by atoms with van der Waals surface area (Å²) in [6, 6.07) is 10.8. The second kappa shape index (κ2) is 6.63. The monoisotopic (exact) mass is 349 g/mol. The second-order valence-corrected chi connectivity index (χ2v) is 6.43. The quantitative estimate of drug-likeness (QED) is 0.766. The van der Waals surface area contributed by atoms with Crippen LogP contribution >= 0.6 is 0 Å². The molecule has 26 heavy (non-hydrogen) atoms. The molecule has 0 radical (unpaired) electrons. The number of carbonyl (C=O) groups is 1. The minimum Gasteiger partial charge on any atom is -0.504 e. The maximum absolute atomic E-state index is 13.1. The number of methoxy groups -OCH3 is 1. The molecule has 1 aliphatic rings. The highest BCUT2D eigenvalue weighted by atomic mass is 16.5. The van der Waals surface area contributed by atoms with Crippen LogP contribution in [0.2, 0.25) is 0 Å². The lowest BCUT2D eigenvalue weighted by Crippen LogP contribution is -2.32. The van der Waals surface area contributed by atoms with Gasteiger partial charge < -0.3 is 14.7 Å². The van der Waals surface area contributed by atoms with Crippen LogP contribution in [0.5, 0.6) is 11.5 Å². The summed E-state index contributed by atoms with van der Waals surface area (Å²) in [7, 11) is 1.51. The van der Waals surface area contributed by atoms with E-state index in [1.54, 1.807) is 36.7 Å². The minimum atomic E-state index is -0.0212. The minimum absolute atomic E-state index is 0.0212. The number of rotatable bonds is 5. The average Bonchev–Trinajstić information content (AvgIpc) is 3.51. The first kappa shape index (κ1) is 16.3. The van der Waals surface area contributed by atoms with Crippen molar-refractivity contribution in [3.63, 3.8) is 0 Å². The molecule has 0 atom stereocenters. The molecule has 4 rings (SSSR count). The van der Waals surface area contributed by atoms with E-state index in [1.807, 2.05) is 17.0 Å². The number of ether oxygens (including phenoxy) is 1. The van der Waals surface area contributed by atoms with Crippen molar-refractivity contribution in [2.45, 2.75) is 25.4 Å². The van der Waals surface area contributed by atoms with Gasteiger partial charge in [-0.1, -0.05) is 6.07 Å². The first-order valence-corrected chi connectivity index (χ1v) is 8.53. The average molecular weight is 349 g/mol. The predicted molar refractivity (Wildman–Crippen MR) is 97.1 cm³/mol. The lowest BCUT2D eigenvalue weighted by molar-refractivity contribution is 0.0730. The zero-order chi connectivity index (χ0) is 18.1. The third-order valence-corrected chi connectivity index (χ3v) is 4.56. The third-order valence-electron chi connectivity index (χ3n) is 4.56. The summed E-state index contributed by atoms with van der Waals surface area (Å²) in [6.07, 6.45) is 5.28. The summed E-state index contributed by atoms with van der Waals surface area (Å²) in [5, 5.41) is 9.76. The summed E-state index contributed by atoms with van der Waals surface area (Å²) in [4.78, 5) is 23.5. The van der Waals surface area contributed by atoms with Crippen LogP contribution in [0.4, 0.5) is 0 Å². The maximum Gasteiger partial charge on any atom is 0.254 e. The van der Waals surface area contributed by atoms with Gasteiger partial charge in [0.05, 0.1) is 18.1 Å². The van der Waals surface area contributed by atoms with Gasteiger partial charge in [-0.15, -0.1) is 0 Å². The Labute approximate surface area is 151 Å². The molecule has 0 unspecified atom stereocenters. The van der Waals surface area contributed by atoms with Gasteiger partial charge in [0.1, 0.15) is 0 Å². The van der Waals surface area contributed by atoms with Crippen molar-refractivity contribution in [1.82, 2.24) is 14.9 Å². The highest BCUT2D eigenvalue weighted by Crippen LogP contribution is 2.32. The number of phenols is 1. The smallest absolute Gasteiger partial charge is 0.254 e. The van der Waals surface area contributed by atoms with Crippen molar-refractivity contribution in [3.05, 3.63) is 59.9 Å². The van der Waals surface area contributed by atoms with E-state index in [9.17, 15) is 9.90 Å². The molecule has 2 aromatic carbocycles. The van der Waals surface area contributed by atoms with E-state index in [0.29, 0.717) is 23.4 Å². The van der Waals surface area contributed by atoms with Crippen LogP contribution in [0.25, 0.3) is 11.0 Å². The Balaban J connectivity index is 1.62. The normalized spacial score (nSPS) is 13.6. The van der Waals surface area contributed by atoms with Crippen molar-refractivity contribution in [3.8, 4) is 11.5 Å². The van der Waals surface area contributed by atoms with Crippen LogP contribution in [-0.2, 0) is 6.54 Å². The molecule has 132 valence electrons. The summed E-state index contributed by atoms with van der Waals surface area (Å²) in [5.41, 5.74) is 3.00. The summed E-state index contributed by atoms with van der Waals surface area (Å²) >= 11 is 0. The van der Waals surface area contributed by atoms with Gasteiger partial charge in [-0.05, 0) is 48.7 Å². The van der Waals surface area contributed by atoms with E-state index >= 15 is 0 Å². The fourth-order valence-electron chi connectivity index (χ4n) is 3.03. The van der Waals surface area contributed by atoms with Crippen molar-refractivity contribution in [2.75, 3.05) is 7.11 Å². The first-order valence-electron chi connectivity index (χ1n) is 8.53. The van der Waals surface area contributed by atoms with Crippen LogP contribution in [0.1, 0.15) is 28.8 Å². The van der Waals surface area contributed by atoms with Gasteiger partial charge in [0.2, 0.25) is 0 Å². The Kier molecular flexibility index (Phi) is 4.16.